The van der Waals surface area contributed by atoms with E-state index in [-0.39, 0.29) is 24.2 Å². The summed E-state index contributed by atoms with van der Waals surface area (Å²) in [6.45, 7) is 3.92. The summed E-state index contributed by atoms with van der Waals surface area (Å²) < 4.78 is 1.52. The van der Waals surface area contributed by atoms with E-state index in [4.69, 9.17) is 11.6 Å². The molecular formula is C16H20ClN5O2. The summed E-state index contributed by atoms with van der Waals surface area (Å²) in [6.07, 6.45) is 0. The van der Waals surface area contributed by atoms with Crippen LogP contribution in [-0.2, 0) is 4.79 Å². The molecule has 2 amide bonds. The molecule has 0 unspecified atom stereocenters. The topological polar surface area (TPSA) is 71.3 Å². The highest BCUT2D eigenvalue weighted by Gasteiger charge is 2.23. The average molecular weight is 350 g/mol. The van der Waals surface area contributed by atoms with E-state index in [9.17, 15) is 9.59 Å². The fourth-order valence-corrected chi connectivity index (χ4v) is 2.32. The number of carbonyl (C=O) groups excluding carboxylic acids is 2. The predicted octanol–water partition coefficient (Wildman–Crippen LogP) is 1.78. The lowest BCUT2D eigenvalue weighted by molar-refractivity contribution is -0.129. The first-order valence-corrected chi connectivity index (χ1v) is 7.91. The van der Waals surface area contributed by atoms with Gasteiger partial charge in [0.15, 0.2) is 0 Å². The molecule has 0 aliphatic carbocycles. The molecule has 2 rings (SSSR count). The molecule has 0 aliphatic heterocycles. The Balaban J connectivity index is 2.29. The van der Waals surface area contributed by atoms with Crippen LogP contribution in [0.4, 0.5) is 0 Å². The van der Waals surface area contributed by atoms with Crippen LogP contribution in [0.3, 0.4) is 0 Å². The number of halogens is 1. The molecule has 0 fully saturated rings. The zero-order chi connectivity index (χ0) is 17.9. The Bertz CT molecular complexity index is 757. The molecule has 0 bridgehead atoms. The largest absolute Gasteiger partial charge is 0.347 e. The number of hydrogen-bond donors (Lipinski definition) is 0. The smallest absolute Gasteiger partial charge is 0.294 e. The van der Waals surface area contributed by atoms with Crippen LogP contribution in [0, 0.1) is 6.92 Å². The predicted molar refractivity (Wildman–Crippen MR) is 91.4 cm³/mol. The molecule has 0 radical (unpaired) electrons. The van der Waals surface area contributed by atoms with Gasteiger partial charge in [-0.15, -0.1) is 5.10 Å². The van der Waals surface area contributed by atoms with E-state index in [0.29, 0.717) is 23.1 Å². The van der Waals surface area contributed by atoms with Crippen molar-refractivity contribution in [2.45, 2.75) is 13.8 Å². The fourth-order valence-electron chi connectivity index (χ4n) is 2.11. The second-order valence-electron chi connectivity index (χ2n) is 5.45. The molecule has 0 saturated heterocycles. The highest BCUT2D eigenvalue weighted by molar-refractivity contribution is 6.32. The number of hydrogen-bond acceptors (Lipinski definition) is 4. The number of likely N-dealkylation sites (N-methyl/N-ethyl adjacent to an activating group) is 2. The Kier molecular flexibility index (Phi) is 5.56. The number of nitrogens with zero attached hydrogens (tertiary/aromatic N) is 5. The molecule has 7 nitrogen and oxygen atoms in total. The molecule has 24 heavy (non-hydrogen) atoms. The lowest BCUT2D eigenvalue weighted by Crippen LogP contribution is -2.40. The number of benzene rings is 1. The summed E-state index contributed by atoms with van der Waals surface area (Å²) in [5, 5.41) is 4.78. The zero-order valence-electron chi connectivity index (χ0n) is 14.2. The Morgan fingerprint density at radius 2 is 1.92 bits per heavy atom. The highest BCUT2D eigenvalue weighted by Crippen LogP contribution is 2.20. The van der Waals surface area contributed by atoms with E-state index < -0.39 is 0 Å². The van der Waals surface area contributed by atoms with Gasteiger partial charge in [-0.1, -0.05) is 23.7 Å². The molecule has 0 saturated carbocycles. The van der Waals surface area contributed by atoms with Crippen molar-refractivity contribution in [3.8, 4) is 5.69 Å². The maximum absolute atomic E-state index is 12.6. The Morgan fingerprint density at radius 1 is 1.25 bits per heavy atom. The third kappa shape index (κ3) is 3.73. The molecular weight excluding hydrogens is 330 g/mol. The quantitative estimate of drug-likeness (QED) is 0.825. The molecule has 0 spiro atoms. The van der Waals surface area contributed by atoms with Gasteiger partial charge >= 0.3 is 0 Å². The minimum absolute atomic E-state index is 0.0119. The SMILES string of the molecule is CCN(CC(=O)N(C)C)C(=O)c1nc(C)n(-c2ccccc2Cl)n1. The lowest BCUT2D eigenvalue weighted by atomic mass is 10.3. The van der Waals surface area contributed by atoms with E-state index in [1.165, 1.54) is 14.5 Å². The Morgan fingerprint density at radius 3 is 2.50 bits per heavy atom. The standard InChI is InChI=1S/C16H20ClN5O2/c1-5-21(10-14(23)20(3)4)16(24)15-18-11(2)22(19-15)13-9-7-6-8-12(13)17/h6-9H,5,10H2,1-4H3. The van der Waals surface area contributed by atoms with Gasteiger partial charge in [0.05, 0.1) is 10.7 Å². The van der Waals surface area contributed by atoms with E-state index in [0.717, 1.165) is 0 Å². The summed E-state index contributed by atoms with van der Waals surface area (Å²) in [5.74, 6) is 0.0383. The van der Waals surface area contributed by atoms with Gasteiger partial charge in [0.1, 0.15) is 12.4 Å². The molecule has 0 atom stereocenters. The van der Waals surface area contributed by atoms with Crippen LogP contribution < -0.4 is 0 Å². The van der Waals surface area contributed by atoms with E-state index >= 15 is 0 Å². The molecule has 1 heterocycles. The van der Waals surface area contributed by atoms with Gasteiger partial charge in [-0.25, -0.2) is 9.67 Å². The first-order chi connectivity index (χ1) is 11.3. The van der Waals surface area contributed by atoms with Gasteiger partial charge in [0.2, 0.25) is 11.7 Å². The minimum atomic E-state index is -0.387. The molecule has 0 N–H and O–H groups in total. The average Bonchev–Trinajstić information content (AvgIpc) is 2.93. The molecule has 1 aromatic carbocycles. The lowest BCUT2D eigenvalue weighted by Gasteiger charge is -2.20. The first-order valence-electron chi connectivity index (χ1n) is 7.53. The van der Waals surface area contributed by atoms with Crippen molar-refractivity contribution in [1.29, 1.82) is 0 Å². The third-order valence-corrected chi connectivity index (χ3v) is 3.85. The molecule has 1 aromatic heterocycles. The number of rotatable bonds is 5. The van der Waals surface area contributed by atoms with Gasteiger partial charge < -0.3 is 9.80 Å². The number of aryl methyl sites for hydroxylation is 1. The van der Waals surface area contributed by atoms with E-state index in [2.05, 4.69) is 10.1 Å². The van der Waals surface area contributed by atoms with E-state index in [1.807, 2.05) is 12.1 Å². The zero-order valence-corrected chi connectivity index (χ0v) is 14.9. The van der Waals surface area contributed by atoms with Crippen molar-refractivity contribution in [2.75, 3.05) is 27.2 Å². The van der Waals surface area contributed by atoms with Gasteiger partial charge in [-0.3, -0.25) is 9.59 Å². The fraction of sp³-hybridized carbons (Fsp3) is 0.375. The summed E-state index contributed by atoms with van der Waals surface area (Å²) in [4.78, 5) is 31.5. The monoisotopic (exact) mass is 349 g/mol. The second-order valence-corrected chi connectivity index (χ2v) is 5.86. The van der Waals surface area contributed by atoms with Gasteiger partial charge in [0.25, 0.3) is 5.91 Å². The Labute approximate surface area is 145 Å². The summed E-state index contributed by atoms with van der Waals surface area (Å²) in [6, 6.07) is 7.19. The van der Waals surface area contributed by atoms with Crippen LogP contribution in [0.2, 0.25) is 5.02 Å². The minimum Gasteiger partial charge on any atom is -0.347 e. The van der Waals surface area contributed by atoms with Crippen LogP contribution in [0.1, 0.15) is 23.4 Å². The summed E-state index contributed by atoms with van der Waals surface area (Å²) in [7, 11) is 3.30. The second kappa shape index (κ2) is 7.44. The van der Waals surface area contributed by atoms with Crippen molar-refractivity contribution >= 4 is 23.4 Å². The van der Waals surface area contributed by atoms with Gasteiger partial charge in [-0.05, 0) is 26.0 Å². The van der Waals surface area contributed by atoms with Crippen molar-refractivity contribution in [3.63, 3.8) is 0 Å². The highest BCUT2D eigenvalue weighted by atomic mass is 35.5. The maximum atomic E-state index is 12.6. The first kappa shape index (κ1) is 17.9. The molecule has 8 heteroatoms. The van der Waals surface area contributed by atoms with Crippen LogP contribution in [0.25, 0.3) is 5.69 Å². The van der Waals surface area contributed by atoms with Crippen molar-refractivity contribution in [1.82, 2.24) is 24.6 Å². The third-order valence-electron chi connectivity index (χ3n) is 3.53. The van der Waals surface area contributed by atoms with Crippen molar-refractivity contribution in [3.05, 3.63) is 40.9 Å². The van der Waals surface area contributed by atoms with E-state index in [1.54, 1.807) is 40.1 Å². The summed E-state index contributed by atoms with van der Waals surface area (Å²) >= 11 is 6.18. The molecule has 128 valence electrons. The number of amides is 2. The van der Waals surface area contributed by atoms with Crippen LogP contribution in [0.15, 0.2) is 24.3 Å². The van der Waals surface area contributed by atoms with Gasteiger partial charge in [0, 0.05) is 20.6 Å². The maximum Gasteiger partial charge on any atom is 0.294 e. The van der Waals surface area contributed by atoms with Crippen LogP contribution in [-0.4, -0.2) is 63.6 Å². The molecule has 0 aliphatic rings. The van der Waals surface area contributed by atoms with Crippen LogP contribution in [0.5, 0.6) is 0 Å². The van der Waals surface area contributed by atoms with Crippen molar-refractivity contribution in [2.24, 2.45) is 0 Å². The Hall–Kier alpha value is -2.41. The van der Waals surface area contributed by atoms with Gasteiger partial charge in [-0.2, -0.15) is 0 Å². The number of carbonyl (C=O) groups is 2. The molecule has 2 aromatic rings. The van der Waals surface area contributed by atoms with Crippen LogP contribution >= 0.6 is 11.6 Å². The summed E-state index contributed by atoms with van der Waals surface area (Å²) in [5.41, 5.74) is 0.649. The number of aromatic nitrogens is 3. The van der Waals surface area contributed by atoms with Crippen molar-refractivity contribution < 1.29 is 9.59 Å². The number of para-hydroxylation sites is 1. The normalized spacial score (nSPS) is 10.5.